The maximum absolute atomic E-state index is 12.1. The number of aromatic nitrogens is 2. The van der Waals surface area contributed by atoms with Crippen LogP contribution in [0, 0.1) is 13.8 Å². The zero-order chi connectivity index (χ0) is 14.0. The van der Waals surface area contributed by atoms with Gasteiger partial charge < -0.3 is 4.74 Å². The predicted molar refractivity (Wildman–Crippen MR) is 63.6 cm³/mol. The van der Waals surface area contributed by atoms with Crippen LogP contribution >= 0.6 is 0 Å². The second kappa shape index (κ2) is 4.87. The summed E-state index contributed by atoms with van der Waals surface area (Å²) in [5.41, 5.74) is 3.03. The quantitative estimate of drug-likeness (QED) is 0.833. The van der Waals surface area contributed by atoms with Crippen molar-refractivity contribution in [2.75, 3.05) is 0 Å². The van der Waals surface area contributed by atoms with Gasteiger partial charge in [0.05, 0.1) is 11.9 Å². The van der Waals surface area contributed by atoms with E-state index in [9.17, 15) is 13.2 Å². The van der Waals surface area contributed by atoms with E-state index in [-0.39, 0.29) is 5.75 Å². The molecule has 0 aliphatic heterocycles. The van der Waals surface area contributed by atoms with Crippen LogP contribution in [-0.4, -0.2) is 16.6 Å². The molecule has 1 aromatic heterocycles. The van der Waals surface area contributed by atoms with Gasteiger partial charge in [0, 0.05) is 5.56 Å². The van der Waals surface area contributed by atoms with Gasteiger partial charge in [0.2, 0.25) is 0 Å². The molecule has 0 atom stereocenters. The minimum Gasteiger partial charge on any atom is -0.406 e. The van der Waals surface area contributed by atoms with Crippen molar-refractivity contribution in [1.82, 2.24) is 10.2 Å². The second-order valence-corrected chi connectivity index (χ2v) is 4.11. The summed E-state index contributed by atoms with van der Waals surface area (Å²) in [4.78, 5) is 0. The zero-order valence-corrected chi connectivity index (χ0v) is 10.3. The van der Waals surface area contributed by atoms with Crippen LogP contribution in [0.25, 0.3) is 11.1 Å². The molecule has 0 amide bonds. The highest BCUT2D eigenvalue weighted by Gasteiger charge is 2.31. The smallest absolute Gasteiger partial charge is 0.406 e. The highest BCUT2D eigenvalue weighted by molar-refractivity contribution is 5.67. The summed E-state index contributed by atoms with van der Waals surface area (Å²) in [6, 6.07) is 6.02. The lowest BCUT2D eigenvalue weighted by molar-refractivity contribution is -0.274. The number of hydrogen-bond acceptors (Lipinski definition) is 3. The second-order valence-electron chi connectivity index (χ2n) is 4.11. The lowest BCUT2D eigenvalue weighted by Gasteiger charge is -2.11. The van der Waals surface area contributed by atoms with Crippen molar-refractivity contribution in [3.8, 4) is 16.9 Å². The molecule has 0 saturated heterocycles. The minimum atomic E-state index is -4.68. The fraction of sp³-hybridized carbons (Fsp3) is 0.231. The number of halogens is 3. The Labute approximate surface area is 108 Å². The molecule has 3 nitrogen and oxygen atoms in total. The van der Waals surface area contributed by atoms with Crippen molar-refractivity contribution in [2.45, 2.75) is 20.2 Å². The summed E-state index contributed by atoms with van der Waals surface area (Å²) in [6.45, 7) is 3.52. The predicted octanol–water partition coefficient (Wildman–Crippen LogP) is 3.66. The largest absolute Gasteiger partial charge is 0.573 e. The Hall–Kier alpha value is -2.11. The van der Waals surface area contributed by atoms with Gasteiger partial charge in [0.15, 0.2) is 0 Å². The van der Waals surface area contributed by atoms with Crippen LogP contribution in [0.1, 0.15) is 11.3 Å². The molecule has 0 radical (unpaired) electrons. The van der Waals surface area contributed by atoms with Gasteiger partial charge in [0.25, 0.3) is 0 Å². The molecule has 0 unspecified atom stereocenters. The van der Waals surface area contributed by atoms with Crippen LogP contribution in [-0.2, 0) is 0 Å². The molecule has 6 heteroatoms. The molecule has 0 spiro atoms. The summed E-state index contributed by atoms with van der Waals surface area (Å²) >= 11 is 0. The van der Waals surface area contributed by atoms with Gasteiger partial charge in [-0.15, -0.1) is 13.2 Å². The van der Waals surface area contributed by atoms with Gasteiger partial charge in [-0.2, -0.15) is 10.2 Å². The van der Waals surface area contributed by atoms with Crippen LogP contribution < -0.4 is 4.74 Å². The number of ether oxygens (including phenoxy) is 1. The van der Waals surface area contributed by atoms with Gasteiger partial charge in [-0.05, 0) is 43.2 Å². The Balaban J connectivity index is 2.34. The van der Waals surface area contributed by atoms with Gasteiger partial charge in [-0.3, -0.25) is 0 Å². The maximum Gasteiger partial charge on any atom is 0.573 e. The molecule has 1 aromatic carbocycles. The summed E-state index contributed by atoms with van der Waals surface area (Å²) in [5.74, 6) is -0.229. The third kappa shape index (κ3) is 3.43. The van der Waals surface area contributed by atoms with Gasteiger partial charge in [-0.25, -0.2) is 0 Å². The first-order valence-electron chi connectivity index (χ1n) is 5.51. The molecule has 0 aliphatic rings. The van der Waals surface area contributed by atoms with Crippen molar-refractivity contribution < 1.29 is 17.9 Å². The summed E-state index contributed by atoms with van der Waals surface area (Å²) < 4.78 is 40.2. The van der Waals surface area contributed by atoms with Crippen molar-refractivity contribution in [3.63, 3.8) is 0 Å². The number of hydrogen-bond donors (Lipinski definition) is 0. The number of rotatable bonds is 2. The van der Waals surface area contributed by atoms with E-state index in [1.807, 2.05) is 6.07 Å². The molecule has 2 rings (SSSR count). The molecule has 2 aromatic rings. The zero-order valence-electron chi connectivity index (χ0n) is 10.3. The molecule has 0 fully saturated rings. The average molecular weight is 268 g/mol. The highest BCUT2D eigenvalue weighted by Crippen LogP contribution is 2.29. The average Bonchev–Trinajstić information content (AvgIpc) is 2.26. The normalized spacial score (nSPS) is 11.4. The lowest BCUT2D eigenvalue weighted by atomic mass is 10.0. The third-order valence-corrected chi connectivity index (χ3v) is 2.52. The lowest BCUT2D eigenvalue weighted by Crippen LogP contribution is -2.17. The Kier molecular flexibility index (Phi) is 3.42. The van der Waals surface area contributed by atoms with Gasteiger partial charge >= 0.3 is 6.36 Å². The summed E-state index contributed by atoms with van der Waals surface area (Å²) in [7, 11) is 0. The van der Waals surface area contributed by atoms with Crippen LogP contribution in [0.4, 0.5) is 13.2 Å². The number of alkyl halides is 3. The number of nitrogens with zero attached hydrogens (tertiary/aromatic N) is 2. The fourth-order valence-electron chi connectivity index (χ4n) is 1.78. The third-order valence-electron chi connectivity index (χ3n) is 2.52. The molecule has 0 N–H and O–H groups in total. The number of benzene rings is 1. The van der Waals surface area contributed by atoms with Crippen LogP contribution in [0.3, 0.4) is 0 Å². The van der Waals surface area contributed by atoms with E-state index in [4.69, 9.17) is 0 Å². The Morgan fingerprint density at radius 1 is 1.11 bits per heavy atom. The molecular formula is C13H11F3N2O. The van der Waals surface area contributed by atoms with Crippen molar-refractivity contribution in [2.24, 2.45) is 0 Å². The molecule has 1 heterocycles. The first kappa shape index (κ1) is 13.3. The van der Waals surface area contributed by atoms with E-state index in [1.54, 1.807) is 26.1 Å². The maximum atomic E-state index is 12.1. The van der Waals surface area contributed by atoms with Gasteiger partial charge in [-0.1, -0.05) is 6.07 Å². The van der Waals surface area contributed by atoms with Crippen LogP contribution in [0.2, 0.25) is 0 Å². The van der Waals surface area contributed by atoms with E-state index in [2.05, 4.69) is 14.9 Å². The van der Waals surface area contributed by atoms with E-state index >= 15 is 0 Å². The first-order valence-corrected chi connectivity index (χ1v) is 5.51. The van der Waals surface area contributed by atoms with Crippen molar-refractivity contribution in [3.05, 3.63) is 41.7 Å². The van der Waals surface area contributed by atoms with Crippen LogP contribution in [0.5, 0.6) is 5.75 Å². The molecule has 100 valence electrons. The topological polar surface area (TPSA) is 35.0 Å². The monoisotopic (exact) mass is 268 g/mol. The highest BCUT2D eigenvalue weighted by atomic mass is 19.4. The molecule has 0 aliphatic carbocycles. The van der Waals surface area contributed by atoms with E-state index in [0.29, 0.717) is 5.56 Å². The SMILES string of the molecule is Cc1cc(-c2ccc(OC(F)(F)F)cc2C)cnn1. The van der Waals surface area contributed by atoms with Crippen molar-refractivity contribution >= 4 is 0 Å². The minimum absolute atomic E-state index is 0.229. The van der Waals surface area contributed by atoms with Gasteiger partial charge in [0.1, 0.15) is 5.75 Å². The molecule has 0 bridgehead atoms. The summed E-state index contributed by atoms with van der Waals surface area (Å²) in [5, 5.41) is 7.66. The van der Waals surface area contributed by atoms with Crippen LogP contribution in [0.15, 0.2) is 30.5 Å². The van der Waals surface area contributed by atoms with E-state index in [1.165, 1.54) is 12.1 Å². The fourth-order valence-corrected chi connectivity index (χ4v) is 1.78. The first-order chi connectivity index (χ1) is 8.85. The number of aryl methyl sites for hydroxylation is 2. The van der Waals surface area contributed by atoms with E-state index in [0.717, 1.165) is 16.8 Å². The Morgan fingerprint density at radius 2 is 1.84 bits per heavy atom. The molecular weight excluding hydrogens is 257 g/mol. The standard InChI is InChI=1S/C13H11F3N2O/c1-8-5-11(19-13(14,15)16)3-4-12(8)10-6-9(2)18-17-7-10/h3-7H,1-2H3. The van der Waals surface area contributed by atoms with Crippen molar-refractivity contribution in [1.29, 1.82) is 0 Å². The Morgan fingerprint density at radius 3 is 2.42 bits per heavy atom. The molecule has 0 saturated carbocycles. The summed E-state index contributed by atoms with van der Waals surface area (Å²) in [6.07, 6.45) is -3.11. The Bertz CT molecular complexity index is 597. The molecule has 19 heavy (non-hydrogen) atoms. The van der Waals surface area contributed by atoms with E-state index < -0.39 is 6.36 Å².